The molecule has 1 aliphatic carbocycles. The van der Waals surface area contributed by atoms with Gasteiger partial charge >= 0.3 is 0 Å². The van der Waals surface area contributed by atoms with Crippen molar-refractivity contribution < 1.29 is 0 Å². The van der Waals surface area contributed by atoms with Crippen LogP contribution < -0.4 is 5.73 Å². The Morgan fingerprint density at radius 2 is 1.80 bits per heavy atom. The summed E-state index contributed by atoms with van der Waals surface area (Å²) in [5, 5.41) is 0. The molecule has 0 aliphatic heterocycles. The molecule has 1 fully saturated rings. The number of nitrogens with two attached hydrogens (primary N) is 1. The van der Waals surface area contributed by atoms with E-state index in [9.17, 15) is 0 Å². The van der Waals surface area contributed by atoms with Crippen molar-refractivity contribution in [3.63, 3.8) is 0 Å². The molecule has 84 valence electrons. The monoisotopic (exact) mass is 205 g/mol. The van der Waals surface area contributed by atoms with Gasteiger partial charge in [0.15, 0.2) is 0 Å². The quantitative estimate of drug-likeness (QED) is 0.698. The Hall–Kier alpha value is -1.08. The second-order valence-electron chi connectivity index (χ2n) is 3.59. The fraction of sp³-hybridized carbons (Fsp3) is 0.429. The van der Waals surface area contributed by atoms with E-state index in [2.05, 4.69) is 50.4 Å². The van der Waals surface area contributed by atoms with Gasteiger partial charge in [0.25, 0.3) is 0 Å². The molecule has 1 aromatic rings. The molecular formula is C14H23N. The molecular weight excluding hydrogens is 182 g/mol. The number of hydrogen-bond donors (Lipinski definition) is 1. The zero-order valence-electron chi connectivity index (χ0n) is 10.2. The second kappa shape index (κ2) is 8.25. The van der Waals surface area contributed by atoms with E-state index in [0.29, 0.717) is 0 Å². The number of rotatable bonds is 1. The Labute approximate surface area is 94.0 Å². The minimum Gasteiger partial charge on any atom is -0.333 e. The van der Waals surface area contributed by atoms with Crippen LogP contribution in [0.1, 0.15) is 30.9 Å². The lowest BCUT2D eigenvalue weighted by molar-refractivity contribution is 1.13. The first-order chi connectivity index (χ1) is 7.22. The van der Waals surface area contributed by atoms with Gasteiger partial charge in [0.2, 0.25) is 0 Å². The van der Waals surface area contributed by atoms with Gasteiger partial charge < -0.3 is 5.73 Å². The molecule has 0 amide bonds. The van der Waals surface area contributed by atoms with E-state index in [4.69, 9.17) is 0 Å². The third kappa shape index (κ3) is 7.95. The molecule has 0 aromatic heterocycles. The van der Waals surface area contributed by atoms with Gasteiger partial charge in [-0.05, 0) is 38.8 Å². The fourth-order valence-corrected chi connectivity index (χ4v) is 1.02. The van der Waals surface area contributed by atoms with Crippen molar-refractivity contribution in [2.45, 2.75) is 33.1 Å². The highest BCUT2D eigenvalue weighted by molar-refractivity contribution is 5.21. The average Bonchev–Trinajstić information content (AvgIpc) is 3.04. The van der Waals surface area contributed by atoms with Crippen molar-refractivity contribution >= 4 is 0 Å². The summed E-state index contributed by atoms with van der Waals surface area (Å²) >= 11 is 0. The predicted molar refractivity (Wildman–Crippen MR) is 69.0 cm³/mol. The van der Waals surface area contributed by atoms with E-state index in [1.807, 2.05) is 0 Å². The van der Waals surface area contributed by atoms with E-state index < -0.39 is 0 Å². The molecule has 1 nitrogen and oxygen atoms in total. The summed E-state index contributed by atoms with van der Waals surface area (Å²) < 4.78 is 0. The van der Waals surface area contributed by atoms with Gasteiger partial charge in [-0.25, -0.2) is 0 Å². The summed E-state index contributed by atoms with van der Waals surface area (Å²) in [4.78, 5) is 0. The summed E-state index contributed by atoms with van der Waals surface area (Å²) in [7, 11) is 1.50. The van der Waals surface area contributed by atoms with Crippen LogP contribution in [-0.2, 0) is 6.42 Å². The maximum absolute atomic E-state index is 4.50. The van der Waals surface area contributed by atoms with Gasteiger partial charge in [0.05, 0.1) is 0 Å². The zero-order chi connectivity index (χ0) is 11.7. The van der Waals surface area contributed by atoms with Crippen LogP contribution in [0.4, 0.5) is 0 Å². The average molecular weight is 205 g/mol. The van der Waals surface area contributed by atoms with Crippen LogP contribution in [0.5, 0.6) is 0 Å². The minimum absolute atomic E-state index is 1.14. The molecule has 1 heteroatoms. The summed E-state index contributed by atoms with van der Waals surface area (Å²) in [6, 6.07) is 8.61. The van der Waals surface area contributed by atoms with Crippen molar-refractivity contribution in [3.8, 4) is 0 Å². The molecule has 0 bridgehead atoms. The summed E-state index contributed by atoms with van der Waals surface area (Å²) in [6.07, 6.45) is 3.72. The maximum Gasteiger partial charge on any atom is -0.0195 e. The molecule has 0 heterocycles. The summed E-state index contributed by atoms with van der Waals surface area (Å²) in [6.45, 7) is 7.97. The molecule has 0 unspecified atom stereocenters. The number of hydrogen-bond acceptors (Lipinski definition) is 1. The van der Waals surface area contributed by atoms with Crippen molar-refractivity contribution in [1.82, 2.24) is 0 Å². The first kappa shape index (κ1) is 13.9. The zero-order valence-corrected chi connectivity index (χ0v) is 10.2. The SMILES string of the molecule is C=C1CC1.CCc1cccc(C)c1.CN. The highest BCUT2D eigenvalue weighted by Crippen LogP contribution is 2.23. The maximum atomic E-state index is 4.50. The van der Waals surface area contributed by atoms with E-state index in [-0.39, 0.29) is 0 Å². The Balaban J connectivity index is 0.000000272. The highest BCUT2D eigenvalue weighted by Gasteiger charge is 2.04. The largest absolute Gasteiger partial charge is 0.333 e. The van der Waals surface area contributed by atoms with E-state index in [1.165, 1.54) is 36.6 Å². The van der Waals surface area contributed by atoms with Gasteiger partial charge in [-0.15, -0.1) is 0 Å². The molecule has 0 atom stereocenters. The van der Waals surface area contributed by atoms with Crippen molar-refractivity contribution in [1.29, 1.82) is 0 Å². The van der Waals surface area contributed by atoms with E-state index >= 15 is 0 Å². The second-order valence-corrected chi connectivity index (χ2v) is 3.59. The Morgan fingerprint density at radius 1 is 1.27 bits per heavy atom. The highest BCUT2D eigenvalue weighted by atomic mass is 14.4. The molecule has 15 heavy (non-hydrogen) atoms. The van der Waals surface area contributed by atoms with Crippen LogP contribution >= 0.6 is 0 Å². The Bertz CT molecular complexity index is 283. The third-order valence-electron chi connectivity index (χ3n) is 2.09. The van der Waals surface area contributed by atoms with Crippen LogP contribution in [0.3, 0.4) is 0 Å². The molecule has 1 aromatic carbocycles. The molecule has 1 aliphatic rings. The Morgan fingerprint density at radius 3 is 2.07 bits per heavy atom. The first-order valence-corrected chi connectivity index (χ1v) is 5.52. The number of aryl methyl sites for hydroxylation is 2. The van der Waals surface area contributed by atoms with E-state index in [1.54, 1.807) is 0 Å². The van der Waals surface area contributed by atoms with Gasteiger partial charge in [0, 0.05) is 0 Å². The third-order valence-corrected chi connectivity index (χ3v) is 2.09. The predicted octanol–water partition coefficient (Wildman–Crippen LogP) is 3.47. The van der Waals surface area contributed by atoms with Gasteiger partial charge in [-0.1, -0.05) is 48.9 Å². The van der Waals surface area contributed by atoms with Gasteiger partial charge in [0.1, 0.15) is 0 Å². The Kier molecular flexibility index (Phi) is 7.65. The molecule has 2 N–H and O–H groups in total. The fourth-order valence-electron chi connectivity index (χ4n) is 1.02. The molecule has 0 spiro atoms. The van der Waals surface area contributed by atoms with Crippen LogP contribution in [0.15, 0.2) is 36.4 Å². The molecule has 1 saturated carbocycles. The lowest BCUT2D eigenvalue weighted by atomic mass is 10.1. The number of benzene rings is 1. The summed E-state index contributed by atoms with van der Waals surface area (Å²) in [5.74, 6) is 0. The van der Waals surface area contributed by atoms with Crippen LogP contribution in [0, 0.1) is 6.92 Å². The molecule has 2 rings (SSSR count). The van der Waals surface area contributed by atoms with Gasteiger partial charge in [-0.2, -0.15) is 0 Å². The van der Waals surface area contributed by atoms with Crippen LogP contribution in [0.2, 0.25) is 0 Å². The van der Waals surface area contributed by atoms with Gasteiger partial charge in [-0.3, -0.25) is 0 Å². The van der Waals surface area contributed by atoms with Crippen molar-refractivity contribution in [2.24, 2.45) is 5.73 Å². The van der Waals surface area contributed by atoms with Crippen LogP contribution in [0.25, 0.3) is 0 Å². The minimum atomic E-state index is 1.14. The standard InChI is InChI=1S/C9H12.C4H6.CH5N/c1-3-9-6-4-5-8(2)7-9;1-4-2-3-4;1-2/h4-7H,3H2,1-2H3;1-3H2;2H2,1H3. The normalized spacial score (nSPS) is 11.9. The molecule has 0 radical (unpaired) electrons. The van der Waals surface area contributed by atoms with Crippen molar-refractivity contribution in [3.05, 3.63) is 47.5 Å². The number of allylic oxidation sites excluding steroid dienone is 1. The van der Waals surface area contributed by atoms with E-state index in [0.717, 1.165) is 6.42 Å². The summed E-state index contributed by atoms with van der Waals surface area (Å²) in [5.41, 5.74) is 8.70. The smallest absolute Gasteiger partial charge is 0.0195 e. The molecule has 0 saturated heterocycles. The topological polar surface area (TPSA) is 26.0 Å². The van der Waals surface area contributed by atoms with Crippen LogP contribution in [-0.4, -0.2) is 7.05 Å². The lowest BCUT2D eigenvalue weighted by Gasteiger charge is -1.95. The van der Waals surface area contributed by atoms with Crippen molar-refractivity contribution in [2.75, 3.05) is 7.05 Å². The first-order valence-electron chi connectivity index (χ1n) is 5.52. The lowest BCUT2D eigenvalue weighted by Crippen LogP contribution is -1.78.